The highest BCUT2D eigenvalue weighted by molar-refractivity contribution is 5.94. The second-order valence-electron chi connectivity index (χ2n) is 7.95. The molecule has 158 valence electrons. The lowest BCUT2D eigenvalue weighted by Gasteiger charge is -2.38. The lowest BCUT2D eigenvalue weighted by atomic mass is 10.0. The molecule has 4 rings (SSSR count). The number of aryl methyl sites for hydroxylation is 1. The Kier molecular flexibility index (Phi) is 5.44. The molecule has 3 heterocycles. The van der Waals surface area contributed by atoms with E-state index in [1.807, 2.05) is 18.7 Å². The van der Waals surface area contributed by atoms with Crippen LogP contribution in [-0.2, 0) is 0 Å². The SMILES string of the molecule is Cc1cc(C#N)ccc1-c1cnn(-c2ccc(C(=O)N3CCN(C)CC3C)cn2)c1O. The quantitative estimate of drug-likeness (QED) is 0.705. The third-order valence-electron chi connectivity index (χ3n) is 5.69. The summed E-state index contributed by atoms with van der Waals surface area (Å²) >= 11 is 0. The molecular formula is C23H24N6O2. The molecule has 1 amide bonds. The van der Waals surface area contributed by atoms with Gasteiger partial charge >= 0.3 is 0 Å². The first kappa shape index (κ1) is 20.6. The number of pyridine rings is 1. The van der Waals surface area contributed by atoms with Crippen LogP contribution in [0.3, 0.4) is 0 Å². The minimum absolute atomic E-state index is 0.0433. The van der Waals surface area contributed by atoms with Crippen LogP contribution in [0.25, 0.3) is 16.9 Å². The maximum absolute atomic E-state index is 12.9. The van der Waals surface area contributed by atoms with Gasteiger partial charge in [-0.05, 0) is 56.3 Å². The fourth-order valence-electron chi connectivity index (χ4n) is 3.98. The Hall–Kier alpha value is -3.70. The van der Waals surface area contributed by atoms with Crippen molar-refractivity contribution in [1.29, 1.82) is 5.26 Å². The van der Waals surface area contributed by atoms with Gasteiger partial charge in [-0.3, -0.25) is 4.79 Å². The van der Waals surface area contributed by atoms with E-state index < -0.39 is 0 Å². The highest BCUT2D eigenvalue weighted by Gasteiger charge is 2.27. The Morgan fingerprint density at radius 3 is 2.65 bits per heavy atom. The number of carbonyl (C=O) groups excluding carboxylic acids is 1. The van der Waals surface area contributed by atoms with Crippen molar-refractivity contribution in [2.75, 3.05) is 26.7 Å². The van der Waals surface area contributed by atoms with E-state index in [-0.39, 0.29) is 17.8 Å². The first-order chi connectivity index (χ1) is 14.9. The zero-order valence-electron chi connectivity index (χ0n) is 17.8. The van der Waals surface area contributed by atoms with Crippen LogP contribution in [0.1, 0.15) is 28.4 Å². The maximum Gasteiger partial charge on any atom is 0.255 e. The summed E-state index contributed by atoms with van der Waals surface area (Å²) < 4.78 is 1.33. The van der Waals surface area contributed by atoms with Crippen molar-refractivity contribution < 1.29 is 9.90 Å². The van der Waals surface area contributed by atoms with Crippen LogP contribution >= 0.6 is 0 Å². The predicted molar refractivity (Wildman–Crippen MR) is 116 cm³/mol. The zero-order valence-corrected chi connectivity index (χ0v) is 17.8. The summed E-state index contributed by atoms with van der Waals surface area (Å²) in [6, 6.07) is 10.9. The number of aromatic hydroxyl groups is 1. The fourth-order valence-corrected chi connectivity index (χ4v) is 3.98. The van der Waals surface area contributed by atoms with Gasteiger partial charge < -0.3 is 14.9 Å². The third kappa shape index (κ3) is 3.88. The molecule has 1 aliphatic rings. The van der Waals surface area contributed by atoms with E-state index in [1.54, 1.807) is 36.5 Å². The van der Waals surface area contributed by atoms with E-state index in [4.69, 9.17) is 5.26 Å². The minimum atomic E-state index is -0.0490. The van der Waals surface area contributed by atoms with Crippen molar-refractivity contribution in [3.63, 3.8) is 0 Å². The summed E-state index contributed by atoms with van der Waals surface area (Å²) in [5.74, 6) is 0.323. The monoisotopic (exact) mass is 416 g/mol. The smallest absolute Gasteiger partial charge is 0.255 e. The van der Waals surface area contributed by atoms with Crippen LogP contribution < -0.4 is 0 Å². The van der Waals surface area contributed by atoms with Crippen molar-refractivity contribution in [2.45, 2.75) is 19.9 Å². The Balaban J connectivity index is 1.58. The van der Waals surface area contributed by atoms with E-state index in [9.17, 15) is 9.90 Å². The molecule has 3 aromatic rings. The zero-order chi connectivity index (χ0) is 22.1. The standard InChI is InChI=1S/C23H24N6O2/c1-15-10-17(11-24)4-6-19(15)20-13-26-29(23(20)31)21-7-5-18(12-25-21)22(30)28-9-8-27(3)14-16(28)2/h4-7,10,12-13,16,31H,8-9,14H2,1-3H3. The average Bonchev–Trinajstić information content (AvgIpc) is 3.14. The van der Waals surface area contributed by atoms with Crippen LogP contribution in [-0.4, -0.2) is 68.3 Å². The molecule has 0 saturated carbocycles. The Morgan fingerprint density at radius 2 is 2.00 bits per heavy atom. The topological polar surface area (TPSA) is 98.3 Å². The Bertz CT molecular complexity index is 1160. The van der Waals surface area contributed by atoms with Gasteiger partial charge in [0.25, 0.3) is 5.91 Å². The number of likely N-dealkylation sites (N-methyl/N-ethyl adjacent to an activating group) is 1. The van der Waals surface area contributed by atoms with Crippen molar-refractivity contribution in [1.82, 2.24) is 24.6 Å². The Morgan fingerprint density at radius 1 is 1.19 bits per heavy atom. The molecule has 1 aliphatic heterocycles. The number of amides is 1. The molecule has 1 saturated heterocycles. The van der Waals surface area contributed by atoms with Gasteiger partial charge in [0, 0.05) is 31.9 Å². The van der Waals surface area contributed by atoms with Gasteiger partial charge in [0.2, 0.25) is 5.88 Å². The number of hydrogen-bond donors (Lipinski definition) is 1. The van der Waals surface area contributed by atoms with Gasteiger partial charge in [-0.1, -0.05) is 6.07 Å². The lowest BCUT2D eigenvalue weighted by molar-refractivity contribution is 0.0533. The molecule has 31 heavy (non-hydrogen) atoms. The predicted octanol–water partition coefficient (Wildman–Crippen LogP) is 2.60. The van der Waals surface area contributed by atoms with Crippen molar-refractivity contribution in [3.05, 3.63) is 59.4 Å². The van der Waals surface area contributed by atoms with Gasteiger partial charge in [-0.25, -0.2) is 4.98 Å². The summed E-state index contributed by atoms with van der Waals surface area (Å²) in [5.41, 5.74) is 3.28. The van der Waals surface area contributed by atoms with E-state index in [0.29, 0.717) is 29.1 Å². The van der Waals surface area contributed by atoms with Crippen LogP contribution in [0.2, 0.25) is 0 Å². The average molecular weight is 416 g/mol. The Labute approximate surface area is 181 Å². The van der Waals surface area contributed by atoms with Gasteiger partial charge in [0.15, 0.2) is 5.82 Å². The number of hydrogen-bond acceptors (Lipinski definition) is 6. The summed E-state index contributed by atoms with van der Waals surface area (Å²) in [5, 5.41) is 24.1. The van der Waals surface area contributed by atoms with E-state index in [1.165, 1.54) is 10.9 Å². The molecule has 1 unspecified atom stereocenters. The van der Waals surface area contributed by atoms with Crippen LogP contribution in [0.5, 0.6) is 5.88 Å². The van der Waals surface area contributed by atoms with Gasteiger partial charge in [0.1, 0.15) is 0 Å². The first-order valence-corrected chi connectivity index (χ1v) is 10.1. The highest BCUT2D eigenvalue weighted by atomic mass is 16.3. The summed E-state index contributed by atoms with van der Waals surface area (Å²) in [4.78, 5) is 21.3. The largest absolute Gasteiger partial charge is 0.493 e. The number of benzene rings is 1. The number of nitrogens with zero attached hydrogens (tertiary/aromatic N) is 6. The number of carbonyl (C=O) groups is 1. The van der Waals surface area contributed by atoms with Crippen LogP contribution in [0.4, 0.5) is 0 Å². The summed E-state index contributed by atoms with van der Waals surface area (Å²) in [6.07, 6.45) is 3.09. The maximum atomic E-state index is 12.9. The number of aromatic nitrogens is 3. The molecule has 0 aliphatic carbocycles. The molecule has 0 bridgehead atoms. The van der Waals surface area contributed by atoms with E-state index in [0.717, 1.165) is 24.2 Å². The van der Waals surface area contributed by atoms with Crippen molar-refractivity contribution >= 4 is 5.91 Å². The van der Waals surface area contributed by atoms with Gasteiger partial charge in [0.05, 0.1) is 29.0 Å². The second kappa shape index (κ2) is 8.20. The summed E-state index contributed by atoms with van der Waals surface area (Å²) in [6.45, 7) is 6.30. The lowest BCUT2D eigenvalue weighted by Crippen LogP contribution is -2.52. The second-order valence-corrected chi connectivity index (χ2v) is 7.95. The minimum Gasteiger partial charge on any atom is -0.493 e. The molecule has 1 atom stereocenters. The van der Waals surface area contributed by atoms with Gasteiger partial charge in [-0.2, -0.15) is 15.0 Å². The van der Waals surface area contributed by atoms with Crippen LogP contribution in [0, 0.1) is 18.3 Å². The number of rotatable bonds is 3. The fraction of sp³-hybridized carbons (Fsp3) is 0.304. The number of nitriles is 1. The molecule has 0 spiro atoms. The highest BCUT2D eigenvalue weighted by Crippen LogP contribution is 2.33. The number of piperazine rings is 1. The molecule has 1 aromatic carbocycles. The molecule has 1 N–H and O–H groups in total. The van der Waals surface area contributed by atoms with Gasteiger partial charge in [-0.15, -0.1) is 0 Å². The third-order valence-corrected chi connectivity index (χ3v) is 5.69. The van der Waals surface area contributed by atoms with Crippen molar-refractivity contribution in [2.24, 2.45) is 0 Å². The van der Waals surface area contributed by atoms with Crippen LogP contribution in [0.15, 0.2) is 42.7 Å². The molecular weight excluding hydrogens is 392 g/mol. The van der Waals surface area contributed by atoms with E-state index >= 15 is 0 Å². The van der Waals surface area contributed by atoms with Crippen molar-refractivity contribution in [3.8, 4) is 28.9 Å². The molecule has 1 fully saturated rings. The van der Waals surface area contributed by atoms with E-state index in [2.05, 4.69) is 28.1 Å². The molecule has 8 heteroatoms. The normalized spacial score (nSPS) is 16.8. The summed E-state index contributed by atoms with van der Waals surface area (Å²) in [7, 11) is 2.05. The first-order valence-electron chi connectivity index (χ1n) is 10.1. The molecule has 8 nitrogen and oxygen atoms in total. The molecule has 2 aromatic heterocycles. The molecule has 0 radical (unpaired) electrons.